The van der Waals surface area contributed by atoms with Crippen molar-refractivity contribution >= 4 is 11.9 Å². The lowest BCUT2D eigenvalue weighted by molar-refractivity contribution is -0.183. The van der Waals surface area contributed by atoms with Crippen LogP contribution in [0.5, 0.6) is 0 Å². The molecule has 130 valence electrons. The molecule has 0 fully saturated rings. The molecule has 0 aromatic rings. The van der Waals surface area contributed by atoms with Gasteiger partial charge in [-0.3, -0.25) is 9.59 Å². The van der Waals surface area contributed by atoms with Gasteiger partial charge in [-0.15, -0.1) is 0 Å². The Morgan fingerprint density at radius 3 is 1.82 bits per heavy atom. The summed E-state index contributed by atoms with van der Waals surface area (Å²) < 4.78 is 30.0. The molecule has 0 aromatic heterocycles. The summed E-state index contributed by atoms with van der Waals surface area (Å²) in [6, 6.07) is 0. The smallest absolute Gasteiger partial charge is 0.311 e. The molecule has 0 spiro atoms. The highest BCUT2D eigenvalue weighted by molar-refractivity contribution is 5.70. The van der Waals surface area contributed by atoms with Gasteiger partial charge in [0.15, 0.2) is 0 Å². The van der Waals surface area contributed by atoms with Crippen LogP contribution in [0.4, 0.5) is 0 Å². The molecule has 22 heavy (non-hydrogen) atoms. The van der Waals surface area contributed by atoms with Crippen molar-refractivity contribution in [2.24, 2.45) is 0 Å². The average Bonchev–Trinajstić information content (AvgIpc) is 2.43. The van der Waals surface area contributed by atoms with E-state index in [0.29, 0.717) is 39.6 Å². The summed E-state index contributed by atoms with van der Waals surface area (Å²) in [7, 11) is 1.62. The Labute approximate surface area is 130 Å². The summed E-state index contributed by atoms with van der Waals surface area (Å²) in [5.41, 5.74) is 0. The van der Waals surface area contributed by atoms with Crippen molar-refractivity contribution in [3.8, 4) is 0 Å². The molecule has 0 saturated heterocycles. The largest absolute Gasteiger partial charge is 0.426 e. The van der Waals surface area contributed by atoms with E-state index < -0.39 is 18.2 Å². The lowest BCUT2D eigenvalue weighted by Crippen LogP contribution is -2.21. The molecule has 0 rings (SSSR count). The summed E-state index contributed by atoms with van der Waals surface area (Å²) in [6.45, 7) is 5.84. The minimum absolute atomic E-state index is 0.0890. The Balaban J connectivity index is 3.28. The van der Waals surface area contributed by atoms with Crippen LogP contribution in [0.25, 0.3) is 0 Å². The van der Waals surface area contributed by atoms with Crippen molar-refractivity contribution < 1.29 is 38.0 Å². The highest BCUT2D eigenvalue weighted by atomic mass is 16.7. The van der Waals surface area contributed by atoms with Gasteiger partial charge in [-0.05, 0) is 0 Å². The second kappa shape index (κ2) is 14.7. The predicted octanol–water partition coefficient (Wildman–Crippen LogP) is 0.525. The Morgan fingerprint density at radius 2 is 1.32 bits per heavy atom. The summed E-state index contributed by atoms with van der Waals surface area (Å²) in [6.07, 6.45) is -0.794. The molecular weight excluding hydrogens is 296 g/mol. The lowest BCUT2D eigenvalue weighted by atomic mass is 10.4. The van der Waals surface area contributed by atoms with Gasteiger partial charge in [0.05, 0.1) is 52.7 Å². The van der Waals surface area contributed by atoms with E-state index in [9.17, 15) is 9.59 Å². The van der Waals surface area contributed by atoms with Crippen LogP contribution in [-0.2, 0) is 38.0 Å². The van der Waals surface area contributed by atoms with Gasteiger partial charge in [-0.2, -0.15) is 0 Å². The maximum absolute atomic E-state index is 11.3. The standard InChI is InChI=1S/C14H26O8/c1-12(15)21-13(2)22-14(16)4-5-18-8-9-20-11-10-19-7-6-17-3/h13H,4-11H2,1-3H3. The second-order valence-electron chi connectivity index (χ2n) is 4.25. The van der Waals surface area contributed by atoms with Crippen molar-refractivity contribution in [1.29, 1.82) is 0 Å². The molecule has 0 bridgehead atoms. The fourth-order valence-electron chi connectivity index (χ4n) is 1.34. The fourth-order valence-corrected chi connectivity index (χ4v) is 1.34. The van der Waals surface area contributed by atoms with Gasteiger partial charge >= 0.3 is 11.9 Å². The normalized spacial score (nSPS) is 12.0. The Kier molecular flexibility index (Phi) is 13.9. The molecule has 0 radical (unpaired) electrons. The molecule has 0 saturated carbocycles. The summed E-state index contributed by atoms with van der Waals surface area (Å²) in [5, 5.41) is 0. The van der Waals surface area contributed by atoms with Crippen molar-refractivity contribution in [2.45, 2.75) is 26.6 Å². The SMILES string of the molecule is COCCOCCOCCOCCC(=O)OC(C)OC(C)=O. The third kappa shape index (κ3) is 15.2. The van der Waals surface area contributed by atoms with E-state index in [2.05, 4.69) is 4.74 Å². The Bertz CT molecular complexity index is 295. The number of methoxy groups -OCH3 is 1. The van der Waals surface area contributed by atoms with E-state index >= 15 is 0 Å². The molecule has 0 amide bonds. The van der Waals surface area contributed by atoms with E-state index in [-0.39, 0.29) is 13.0 Å². The van der Waals surface area contributed by atoms with Crippen molar-refractivity contribution in [3.05, 3.63) is 0 Å². The minimum Gasteiger partial charge on any atom is -0.426 e. The van der Waals surface area contributed by atoms with Gasteiger partial charge in [0.25, 0.3) is 0 Å². The molecule has 0 aliphatic heterocycles. The van der Waals surface area contributed by atoms with Crippen LogP contribution in [0.1, 0.15) is 20.3 Å². The van der Waals surface area contributed by atoms with Gasteiger partial charge in [0.1, 0.15) is 0 Å². The van der Waals surface area contributed by atoms with Gasteiger partial charge < -0.3 is 28.4 Å². The molecule has 0 N–H and O–H groups in total. The number of hydrogen-bond acceptors (Lipinski definition) is 8. The zero-order valence-corrected chi connectivity index (χ0v) is 13.5. The van der Waals surface area contributed by atoms with Crippen LogP contribution in [0.15, 0.2) is 0 Å². The van der Waals surface area contributed by atoms with Crippen LogP contribution in [0.3, 0.4) is 0 Å². The first-order chi connectivity index (χ1) is 10.6. The first-order valence-corrected chi connectivity index (χ1v) is 7.15. The molecule has 0 heterocycles. The fraction of sp³-hybridized carbons (Fsp3) is 0.857. The highest BCUT2D eigenvalue weighted by Crippen LogP contribution is 1.97. The zero-order chi connectivity index (χ0) is 16.6. The lowest BCUT2D eigenvalue weighted by Gasteiger charge is -2.12. The average molecular weight is 322 g/mol. The number of carbonyl (C=O) groups is 2. The third-order valence-corrected chi connectivity index (χ3v) is 2.26. The molecule has 1 atom stereocenters. The van der Waals surface area contributed by atoms with Crippen molar-refractivity contribution in [3.63, 3.8) is 0 Å². The van der Waals surface area contributed by atoms with Gasteiger partial charge in [-0.25, -0.2) is 0 Å². The molecule has 8 heteroatoms. The molecule has 0 aliphatic carbocycles. The number of rotatable bonds is 14. The number of carbonyl (C=O) groups excluding carboxylic acids is 2. The Morgan fingerprint density at radius 1 is 0.818 bits per heavy atom. The maximum atomic E-state index is 11.3. The first-order valence-electron chi connectivity index (χ1n) is 7.15. The van der Waals surface area contributed by atoms with Crippen molar-refractivity contribution in [2.75, 3.05) is 53.4 Å². The van der Waals surface area contributed by atoms with Crippen LogP contribution in [0.2, 0.25) is 0 Å². The topological polar surface area (TPSA) is 89.5 Å². The van der Waals surface area contributed by atoms with E-state index in [0.717, 1.165) is 0 Å². The first kappa shape index (κ1) is 20.8. The molecular formula is C14H26O8. The monoisotopic (exact) mass is 322 g/mol. The maximum Gasteiger partial charge on any atom is 0.311 e. The highest BCUT2D eigenvalue weighted by Gasteiger charge is 2.11. The van der Waals surface area contributed by atoms with E-state index in [1.165, 1.54) is 13.8 Å². The zero-order valence-electron chi connectivity index (χ0n) is 13.5. The van der Waals surface area contributed by atoms with Gasteiger partial charge in [-0.1, -0.05) is 0 Å². The second-order valence-corrected chi connectivity index (χ2v) is 4.25. The quantitative estimate of drug-likeness (QED) is 0.260. The molecule has 1 unspecified atom stereocenters. The number of hydrogen-bond donors (Lipinski definition) is 0. The van der Waals surface area contributed by atoms with Gasteiger partial charge in [0.2, 0.25) is 6.29 Å². The van der Waals surface area contributed by atoms with E-state index in [1.807, 2.05) is 0 Å². The minimum atomic E-state index is -0.883. The van der Waals surface area contributed by atoms with Gasteiger partial charge in [0, 0.05) is 21.0 Å². The van der Waals surface area contributed by atoms with Crippen LogP contribution < -0.4 is 0 Å². The van der Waals surface area contributed by atoms with Crippen LogP contribution >= 0.6 is 0 Å². The van der Waals surface area contributed by atoms with Crippen molar-refractivity contribution in [1.82, 2.24) is 0 Å². The Hall–Kier alpha value is -1.22. The molecule has 8 nitrogen and oxygen atoms in total. The summed E-state index contributed by atoms with van der Waals surface area (Å²) in [4.78, 5) is 22.0. The predicted molar refractivity (Wildman–Crippen MR) is 76.3 cm³/mol. The van der Waals surface area contributed by atoms with Crippen LogP contribution in [-0.4, -0.2) is 71.6 Å². The summed E-state index contributed by atoms with van der Waals surface area (Å²) in [5.74, 6) is -0.985. The number of esters is 2. The number of ether oxygens (including phenoxy) is 6. The third-order valence-electron chi connectivity index (χ3n) is 2.26. The van der Waals surface area contributed by atoms with E-state index in [1.54, 1.807) is 7.11 Å². The van der Waals surface area contributed by atoms with Crippen LogP contribution in [0, 0.1) is 0 Å². The molecule has 0 aromatic carbocycles. The molecule has 0 aliphatic rings. The van der Waals surface area contributed by atoms with E-state index in [4.69, 9.17) is 23.7 Å². The summed E-state index contributed by atoms with van der Waals surface area (Å²) >= 11 is 0.